The molecule has 1 unspecified atom stereocenters. The highest BCUT2D eigenvalue weighted by atomic mass is 16.5. The Morgan fingerprint density at radius 3 is 2.75 bits per heavy atom. The summed E-state index contributed by atoms with van der Waals surface area (Å²) in [6.07, 6.45) is 3.85. The van der Waals surface area contributed by atoms with E-state index in [4.69, 9.17) is 9.47 Å². The molecule has 0 saturated carbocycles. The van der Waals surface area contributed by atoms with Crippen LogP contribution in [0.5, 0.6) is 5.75 Å². The molecule has 1 aliphatic heterocycles. The molecular formula is C23H29NO4. The van der Waals surface area contributed by atoms with Crippen molar-refractivity contribution >= 4 is 17.5 Å². The zero-order valence-electron chi connectivity index (χ0n) is 17.0. The number of benzene rings is 1. The predicted octanol–water partition coefficient (Wildman–Crippen LogP) is 4.61. The third-order valence-corrected chi connectivity index (χ3v) is 5.38. The number of ketones is 1. The number of hydrogen-bond donors (Lipinski definition) is 0. The third-order valence-electron chi connectivity index (χ3n) is 5.38. The molecule has 2 aliphatic rings. The van der Waals surface area contributed by atoms with Crippen molar-refractivity contribution in [1.82, 2.24) is 0 Å². The summed E-state index contributed by atoms with van der Waals surface area (Å²) in [4.78, 5) is 30.6. The van der Waals surface area contributed by atoms with Crippen LogP contribution in [0.3, 0.4) is 0 Å². The molecule has 1 heterocycles. The summed E-state index contributed by atoms with van der Waals surface area (Å²) < 4.78 is 11.4. The van der Waals surface area contributed by atoms with Gasteiger partial charge in [-0.05, 0) is 39.2 Å². The second-order valence-corrected chi connectivity index (χ2v) is 7.34. The number of ether oxygens (including phenoxy) is 2. The van der Waals surface area contributed by atoms with Crippen LogP contribution >= 0.6 is 0 Å². The summed E-state index contributed by atoms with van der Waals surface area (Å²) in [6.45, 7) is 6.75. The van der Waals surface area contributed by atoms with E-state index in [0.29, 0.717) is 36.7 Å². The van der Waals surface area contributed by atoms with Gasteiger partial charge in [-0.2, -0.15) is 0 Å². The largest absolute Gasteiger partial charge is 0.494 e. The fourth-order valence-corrected chi connectivity index (χ4v) is 4.08. The molecule has 0 amide bonds. The summed E-state index contributed by atoms with van der Waals surface area (Å²) in [7, 11) is 0. The maximum atomic E-state index is 13.0. The van der Waals surface area contributed by atoms with Gasteiger partial charge in [0.2, 0.25) is 0 Å². The normalized spacial score (nSPS) is 21.8. The third kappa shape index (κ3) is 4.03. The summed E-state index contributed by atoms with van der Waals surface area (Å²) in [5, 5.41) is 0. The van der Waals surface area contributed by atoms with E-state index in [2.05, 4.69) is 11.9 Å². The first-order valence-corrected chi connectivity index (χ1v) is 10.3. The second kappa shape index (κ2) is 9.18. The van der Waals surface area contributed by atoms with E-state index in [0.717, 1.165) is 36.9 Å². The van der Waals surface area contributed by atoms with Gasteiger partial charge in [0.25, 0.3) is 0 Å². The lowest BCUT2D eigenvalue weighted by molar-refractivity contribution is -0.146. The molecule has 5 nitrogen and oxygen atoms in total. The monoisotopic (exact) mass is 383 g/mol. The topological polar surface area (TPSA) is 65.0 Å². The van der Waals surface area contributed by atoms with E-state index < -0.39 is 11.8 Å². The first kappa shape index (κ1) is 20.3. The molecule has 0 spiro atoms. The smallest absolute Gasteiger partial charge is 0.315 e. The zero-order valence-corrected chi connectivity index (χ0v) is 17.0. The number of Topliss-reactive ketones (excluding diaryl/α,β-unsaturated/α-hetero) is 1. The predicted molar refractivity (Wildman–Crippen MR) is 109 cm³/mol. The van der Waals surface area contributed by atoms with Crippen molar-refractivity contribution in [3.63, 3.8) is 0 Å². The Bertz CT molecular complexity index is 809. The summed E-state index contributed by atoms with van der Waals surface area (Å²) in [6, 6.07) is 7.68. The highest BCUT2D eigenvalue weighted by molar-refractivity contribution is 6.09. The minimum atomic E-state index is -0.598. The second-order valence-electron chi connectivity index (χ2n) is 7.34. The number of carbonyl (C=O) groups excluding carboxylic acids is 2. The van der Waals surface area contributed by atoms with Crippen LogP contribution in [0.25, 0.3) is 0 Å². The molecule has 0 N–H and O–H groups in total. The number of rotatable bonds is 7. The summed E-state index contributed by atoms with van der Waals surface area (Å²) in [5.41, 5.74) is 3.06. The minimum Gasteiger partial charge on any atom is -0.494 e. The number of esters is 1. The number of hydrogen-bond acceptors (Lipinski definition) is 5. The maximum Gasteiger partial charge on any atom is 0.315 e. The Kier molecular flexibility index (Phi) is 6.65. The van der Waals surface area contributed by atoms with Crippen LogP contribution in [-0.2, 0) is 14.3 Å². The average Bonchev–Trinajstić information content (AvgIpc) is 2.68. The fraction of sp³-hybridized carbons (Fsp3) is 0.522. The first-order chi connectivity index (χ1) is 13.6. The van der Waals surface area contributed by atoms with Crippen molar-refractivity contribution in [2.45, 2.75) is 58.8 Å². The van der Waals surface area contributed by atoms with Crippen molar-refractivity contribution in [1.29, 1.82) is 0 Å². The molecule has 28 heavy (non-hydrogen) atoms. The number of para-hydroxylation sites is 1. The standard InChI is InChI=1S/C23H29NO4/c1-4-6-14-28-23(26)20-15(3)24-17-11-9-12-18(25)22(17)21(20)16-10-7-8-13-19(16)27-5-2/h7-8,10,13,20-21H,4-6,9,11-12,14H2,1-3H3/t20?,21-/m0/s1. The lowest BCUT2D eigenvalue weighted by Crippen LogP contribution is -2.37. The highest BCUT2D eigenvalue weighted by Gasteiger charge is 2.44. The highest BCUT2D eigenvalue weighted by Crippen LogP contribution is 2.46. The molecule has 0 aromatic heterocycles. The van der Waals surface area contributed by atoms with Gasteiger partial charge in [0.15, 0.2) is 5.78 Å². The SMILES string of the molecule is CCCCOC(=O)C1C(C)=NC2=C(C(=O)CCC2)[C@H]1c1ccccc1OCC. The number of nitrogens with zero attached hydrogens (tertiary/aromatic N) is 1. The molecule has 1 aromatic carbocycles. The van der Waals surface area contributed by atoms with Gasteiger partial charge in [-0.15, -0.1) is 0 Å². The van der Waals surface area contributed by atoms with E-state index >= 15 is 0 Å². The number of unbranched alkanes of at least 4 members (excludes halogenated alkanes) is 1. The molecule has 0 saturated heterocycles. The minimum absolute atomic E-state index is 0.0835. The van der Waals surface area contributed by atoms with Gasteiger partial charge in [-0.25, -0.2) is 0 Å². The van der Waals surface area contributed by atoms with E-state index in [1.807, 2.05) is 38.1 Å². The van der Waals surface area contributed by atoms with E-state index in [9.17, 15) is 9.59 Å². The Morgan fingerprint density at radius 2 is 2.00 bits per heavy atom. The van der Waals surface area contributed by atoms with Crippen LogP contribution in [-0.4, -0.2) is 30.7 Å². The number of aliphatic imine (C=N–C) groups is 1. The van der Waals surface area contributed by atoms with Gasteiger partial charge < -0.3 is 9.47 Å². The van der Waals surface area contributed by atoms with Crippen LogP contribution in [0.2, 0.25) is 0 Å². The van der Waals surface area contributed by atoms with Gasteiger partial charge in [0.1, 0.15) is 11.7 Å². The lowest BCUT2D eigenvalue weighted by Gasteiger charge is -2.35. The number of carbonyl (C=O) groups is 2. The first-order valence-electron chi connectivity index (χ1n) is 10.3. The summed E-state index contributed by atoms with van der Waals surface area (Å²) >= 11 is 0. The average molecular weight is 383 g/mol. The van der Waals surface area contributed by atoms with Gasteiger partial charge in [-0.1, -0.05) is 31.5 Å². The molecule has 150 valence electrons. The Morgan fingerprint density at radius 1 is 1.21 bits per heavy atom. The molecule has 0 radical (unpaired) electrons. The Balaban J connectivity index is 2.08. The quantitative estimate of drug-likeness (QED) is 0.509. The molecule has 3 rings (SSSR count). The lowest BCUT2D eigenvalue weighted by atomic mass is 9.71. The fourth-order valence-electron chi connectivity index (χ4n) is 4.08. The van der Waals surface area contributed by atoms with Gasteiger partial charge in [0.05, 0.1) is 13.2 Å². The van der Waals surface area contributed by atoms with Crippen LogP contribution < -0.4 is 4.74 Å². The van der Waals surface area contributed by atoms with Gasteiger partial charge in [0, 0.05) is 34.9 Å². The Hall–Kier alpha value is -2.43. The van der Waals surface area contributed by atoms with Crippen LogP contribution in [0, 0.1) is 5.92 Å². The molecule has 0 bridgehead atoms. The molecule has 0 fully saturated rings. The van der Waals surface area contributed by atoms with E-state index in [-0.39, 0.29) is 11.8 Å². The van der Waals surface area contributed by atoms with Crippen LogP contribution in [0.15, 0.2) is 40.5 Å². The molecule has 1 aliphatic carbocycles. The maximum absolute atomic E-state index is 13.0. The summed E-state index contributed by atoms with van der Waals surface area (Å²) in [5.74, 6) is -0.520. The van der Waals surface area contributed by atoms with Crippen molar-refractivity contribution in [3.8, 4) is 5.75 Å². The van der Waals surface area contributed by atoms with Gasteiger partial charge in [-0.3, -0.25) is 14.6 Å². The van der Waals surface area contributed by atoms with Crippen molar-refractivity contribution in [2.24, 2.45) is 10.9 Å². The zero-order chi connectivity index (χ0) is 20.1. The van der Waals surface area contributed by atoms with Crippen molar-refractivity contribution in [2.75, 3.05) is 13.2 Å². The van der Waals surface area contributed by atoms with Gasteiger partial charge >= 0.3 is 5.97 Å². The molecular weight excluding hydrogens is 354 g/mol. The van der Waals surface area contributed by atoms with E-state index in [1.54, 1.807) is 0 Å². The molecule has 1 aromatic rings. The van der Waals surface area contributed by atoms with Crippen molar-refractivity contribution < 1.29 is 19.1 Å². The Labute approximate surface area is 166 Å². The van der Waals surface area contributed by atoms with E-state index in [1.165, 1.54) is 0 Å². The van der Waals surface area contributed by atoms with Crippen molar-refractivity contribution in [3.05, 3.63) is 41.1 Å². The van der Waals surface area contributed by atoms with Crippen LogP contribution in [0.4, 0.5) is 0 Å². The molecule has 2 atom stereocenters. The number of allylic oxidation sites excluding steroid dienone is 2. The van der Waals surface area contributed by atoms with Crippen LogP contribution in [0.1, 0.15) is 64.4 Å². The molecule has 5 heteroatoms.